The minimum absolute atomic E-state index is 0.208. The largest absolute Gasteiger partial charge is 0.508 e. The number of benzene rings is 1. The molecule has 2 atom stereocenters. The van der Waals surface area contributed by atoms with Crippen LogP contribution in [0.1, 0.15) is 17.9 Å². The van der Waals surface area contributed by atoms with E-state index in [9.17, 15) is 5.11 Å². The van der Waals surface area contributed by atoms with Crippen molar-refractivity contribution in [3.8, 4) is 5.75 Å². The molecule has 0 radical (unpaired) electrons. The molecule has 1 aromatic carbocycles. The van der Waals surface area contributed by atoms with Gasteiger partial charge in [0.15, 0.2) is 0 Å². The Kier molecular flexibility index (Phi) is 3.23. The number of phenols is 1. The number of para-hydroxylation sites is 1. The van der Waals surface area contributed by atoms with Crippen molar-refractivity contribution in [2.24, 2.45) is 0 Å². The fourth-order valence-electron chi connectivity index (χ4n) is 2.23. The summed E-state index contributed by atoms with van der Waals surface area (Å²) in [5, 5.41) is 13.1. The smallest absolute Gasteiger partial charge is 0.119 e. The molecule has 2 N–H and O–H groups in total. The first-order valence-corrected chi connectivity index (χ1v) is 5.34. The summed E-state index contributed by atoms with van der Waals surface area (Å²) in [5.74, 6) is 0.623. The standard InChI is InChI=1S/C12H17NO2/c1-15-12-6-7-13-8-10(12)9-4-2-3-5-11(9)14/h2-5,10,12-14H,6-8H2,1H3. The summed E-state index contributed by atoms with van der Waals surface area (Å²) >= 11 is 0. The van der Waals surface area contributed by atoms with Gasteiger partial charge >= 0.3 is 0 Å². The molecule has 0 bridgehead atoms. The summed E-state index contributed by atoms with van der Waals surface area (Å²) in [6.07, 6.45) is 1.20. The maximum atomic E-state index is 9.79. The normalized spacial score (nSPS) is 26.5. The van der Waals surface area contributed by atoms with E-state index in [1.54, 1.807) is 13.2 Å². The molecule has 2 rings (SSSR count). The highest BCUT2D eigenvalue weighted by atomic mass is 16.5. The van der Waals surface area contributed by atoms with Gasteiger partial charge in [-0.1, -0.05) is 18.2 Å². The Balaban J connectivity index is 2.24. The van der Waals surface area contributed by atoms with Gasteiger partial charge in [-0.05, 0) is 19.0 Å². The Morgan fingerprint density at radius 2 is 2.20 bits per heavy atom. The van der Waals surface area contributed by atoms with Crippen LogP contribution in [-0.2, 0) is 4.74 Å². The van der Waals surface area contributed by atoms with E-state index in [1.165, 1.54) is 0 Å². The Morgan fingerprint density at radius 1 is 1.40 bits per heavy atom. The van der Waals surface area contributed by atoms with Gasteiger partial charge < -0.3 is 15.2 Å². The van der Waals surface area contributed by atoms with Crippen LogP contribution in [0.2, 0.25) is 0 Å². The molecule has 3 heteroatoms. The first-order valence-electron chi connectivity index (χ1n) is 5.34. The first kappa shape index (κ1) is 10.5. The number of aromatic hydroxyl groups is 1. The Bertz CT molecular complexity index is 327. The van der Waals surface area contributed by atoms with Crippen LogP contribution in [0.25, 0.3) is 0 Å². The molecule has 2 unspecified atom stereocenters. The van der Waals surface area contributed by atoms with Gasteiger partial charge in [0.05, 0.1) is 6.10 Å². The predicted octanol–water partition coefficient (Wildman–Crippen LogP) is 1.48. The summed E-state index contributed by atoms with van der Waals surface area (Å²) in [5.41, 5.74) is 0.983. The molecule has 1 aliphatic rings. The Morgan fingerprint density at radius 3 is 2.93 bits per heavy atom. The lowest BCUT2D eigenvalue weighted by Crippen LogP contribution is -2.39. The fraction of sp³-hybridized carbons (Fsp3) is 0.500. The van der Waals surface area contributed by atoms with Crippen LogP contribution in [-0.4, -0.2) is 31.4 Å². The predicted molar refractivity (Wildman–Crippen MR) is 59.1 cm³/mol. The molecule has 1 aliphatic heterocycles. The molecule has 0 aromatic heterocycles. The van der Waals surface area contributed by atoms with Gasteiger partial charge in [-0.2, -0.15) is 0 Å². The average molecular weight is 207 g/mol. The highest BCUT2D eigenvalue weighted by Gasteiger charge is 2.27. The van der Waals surface area contributed by atoms with Gasteiger partial charge in [0.25, 0.3) is 0 Å². The van der Waals surface area contributed by atoms with Crippen LogP contribution >= 0.6 is 0 Å². The summed E-state index contributed by atoms with van der Waals surface area (Å²) in [6, 6.07) is 7.50. The van der Waals surface area contributed by atoms with Crippen LogP contribution in [0.4, 0.5) is 0 Å². The molecule has 0 aliphatic carbocycles. The van der Waals surface area contributed by atoms with Gasteiger partial charge in [-0.15, -0.1) is 0 Å². The lowest BCUT2D eigenvalue weighted by atomic mass is 9.88. The molecule has 3 nitrogen and oxygen atoms in total. The quantitative estimate of drug-likeness (QED) is 0.772. The Hall–Kier alpha value is -1.06. The fourth-order valence-corrected chi connectivity index (χ4v) is 2.23. The van der Waals surface area contributed by atoms with Crippen LogP contribution in [0.5, 0.6) is 5.75 Å². The molecule has 1 aromatic rings. The zero-order valence-electron chi connectivity index (χ0n) is 8.94. The molecule has 82 valence electrons. The second-order valence-corrected chi connectivity index (χ2v) is 3.93. The highest BCUT2D eigenvalue weighted by Crippen LogP contribution is 2.31. The van der Waals surface area contributed by atoms with Crippen molar-refractivity contribution in [1.29, 1.82) is 0 Å². The third-order valence-corrected chi connectivity index (χ3v) is 3.06. The molecular weight excluding hydrogens is 190 g/mol. The number of hydrogen-bond donors (Lipinski definition) is 2. The summed E-state index contributed by atoms with van der Waals surface area (Å²) < 4.78 is 5.46. The molecule has 1 heterocycles. The van der Waals surface area contributed by atoms with Crippen molar-refractivity contribution >= 4 is 0 Å². The van der Waals surface area contributed by atoms with E-state index in [4.69, 9.17) is 4.74 Å². The number of piperidine rings is 1. The number of hydrogen-bond acceptors (Lipinski definition) is 3. The van der Waals surface area contributed by atoms with Gasteiger partial charge in [-0.3, -0.25) is 0 Å². The summed E-state index contributed by atoms with van der Waals surface area (Å²) in [4.78, 5) is 0. The molecule has 0 spiro atoms. The van der Waals surface area contributed by atoms with Crippen molar-refractivity contribution < 1.29 is 9.84 Å². The van der Waals surface area contributed by atoms with Crippen LogP contribution < -0.4 is 5.32 Å². The van der Waals surface area contributed by atoms with Crippen molar-refractivity contribution in [3.63, 3.8) is 0 Å². The Labute approximate surface area is 90.1 Å². The minimum Gasteiger partial charge on any atom is -0.508 e. The topological polar surface area (TPSA) is 41.5 Å². The zero-order valence-corrected chi connectivity index (χ0v) is 8.94. The third kappa shape index (κ3) is 2.13. The third-order valence-electron chi connectivity index (χ3n) is 3.06. The van der Waals surface area contributed by atoms with Crippen molar-refractivity contribution in [3.05, 3.63) is 29.8 Å². The van der Waals surface area contributed by atoms with Gasteiger partial charge in [0.2, 0.25) is 0 Å². The van der Waals surface area contributed by atoms with Gasteiger partial charge in [-0.25, -0.2) is 0 Å². The van der Waals surface area contributed by atoms with Gasteiger partial charge in [0.1, 0.15) is 5.75 Å². The number of ether oxygens (including phenoxy) is 1. The van der Waals surface area contributed by atoms with Crippen molar-refractivity contribution in [2.45, 2.75) is 18.4 Å². The number of methoxy groups -OCH3 is 1. The minimum atomic E-state index is 0.208. The molecule has 0 saturated carbocycles. The molecule has 0 amide bonds. The number of nitrogens with one attached hydrogen (secondary N) is 1. The lowest BCUT2D eigenvalue weighted by Gasteiger charge is -2.31. The monoisotopic (exact) mass is 207 g/mol. The maximum absolute atomic E-state index is 9.79. The number of rotatable bonds is 2. The van der Waals surface area contributed by atoms with Gasteiger partial charge in [0, 0.05) is 25.1 Å². The average Bonchev–Trinajstić information content (AvgIpc) is 2.30. The van der Waals surface area contributed by atoms with E-state index in [2.05, 4.69) is 5.32 Å². The first-order chi connectivity index (χ1) is 7.33. The van der Waals surface area contributed by atoms with E-state index < -0.39 is 0 Å². The highest BCUT2D eigenvalue weighted by molar-refractivity contribution is 5.36. The van der Waals surface area contributed by atoms with Crippen LogP contribution in [0, 0.1) is 0 Å². The van der Waals surface area contributed by atoms with E-state index in [-0.39, 0.29) is 12.0 Å². The van der Waals surface area contributed by atoms with E-state index >= 15 is 0 Å². The van der Waals surface area contributed by atoms with Crippen LogP contribution in [0.3, 0.4) is 0 Å². The SMILES string of the molecule is COC1CCNCC1c1ccccc1O. The molecular formula is C12H17NO2. The lowest BCUT2D eigenvalue weighted by molar-refractivity contribution is 0.0578. The summed E-state index contributed by atoms with van der Waals surface area (Å²) in [6.45, 7) is 1.86. The van der Waals surface area contributed by atoms with Crippen molar-refractivity contribution in [2.75, 3.05) is 20.2 Å². The second-order valence-electron chi connectivity index (χ2n) is 3.93. The number of phenolic OH excluding ortho intramolecular Hbond substituents is 1. The maximum Gasteiger partial charge on any atom is 0.119 e. The van der Waals surface area contributed by atoms with Crippen LogP contribution in [0.15, 0.2) is 24.3 Å². The van der Waals surface area contributed by atoms with E-state index in [0.29, 0.717) is 5.75 Å². The summed E-state index contributed by atoms with van der Waals surface area (Å²) in [7, 11) is 1.74. The van der Waals surface area contributed by atoms with E-state index in [0.717, 1.165) is 25.1 Å². The molecule has 1 fully saturated rings. The second kappa shape index (κ2) is 4.64. The molecule has 15 heavy (non-hydrogen) atoms. The molecule has 1 saturated heterocycles. The zero-order chi connectivity index (χ0) is 10.7. The van der Waals surface area contributed by atoms with E-state index in [1.807, 2.05) is 18.2 Å². The van der Waals surface area contributed by atoms with Crippen molar-refractivity contribution in [1.82, 2.24) is 5.32 Å².